The number of rotatable bonds is 45. The predicted octanol–water partition coefficient (Wildman–Crippen LogP) is 13.6. The average Bonchev–Trinajstić information content (AvgIpc) is 3.24. The molecule has 0 aromatic carbocycles. The van der Waals surface area contributed by atoms with Crippen LogP contribution in [0.1, 0.15) is 252 Å². The Kier molecular flexibility index (Phi) is 39.0. The van der Waals surface area contributed by atoms with E-state index in [1.165, 1.54) is 135 Å². The lowest BCUT2D eigenvalue weighted by Crippen LogP contribution is -2.42. The number of hydrogen-bond acceptors (Lipinski definition) is 7. The molecule has 1 heterocycles. The van der Waals surface area contributed by atoms with Gasteiger partial charge < -0.3 is 30.3 Å². The summed E-state index contributed by atoms with van der Waals surface area (Å²) in [5.41, 5.74) is 1.02. The molecule has 352 valence electrons. The normalized spacial score (nSPS) is 13.3. The zero-order chi connectivity index (χ0) is 43.6. The van der Waals surface area contributed by atoms with Gasteiger partial charge >= 0.3 is 18.0 Å². The van der Waals surface area contributed by atoms with Crippen molar-refractivity contribution in [1.82, 2.24) is 20.9 Å². The van der Waals surface area contributed by atoms with Crippen LogP contribution in [0, 0.1) is 0 Å². The summed E-state index contributed by atoms with van der Waals surface area (Å²) in [6.07, 6.45) is 42.1. The molecule has 1 rings (SSSR count). The molecule has 60 heavy (non-hydrogen) atoms. The van der Waals surface area contributed by atoms with Crippen LogP contribution >= 0.6 is 0 Å². The number of amides is 2. The second-order valence-corrected chi connectivity index (χ2v) is 18.0. The monoisotopic (exact) mass is 847 g/mol. The van der Waals surface area contributed by atoms with Crippen molar-refractivity contribution in [2.75, 3.05) is 32.7 Å². The molecule has 0 radical (unpaired) electrons. The fourth-order valence-electron chi connectivity index (χ4n) is 8.26. The second-order valence-electron chi connectivity index (χ2n) is 18.0. The number of esters is 2. The van der Waals surface area contributed by atoms with Crippen LogP contribution in [0.3, 0.4) is 0 Å². The summed E-state index contributed by atoms with van der Waals surface area (Å²) in [4.78, 5) is 39.4. The third-order valence-electron chi connectivity index (χ3n) is 12.2. The van der Waals surface area contributed by atoms with Gasteiger partial charge in [-0.05, 0) is 96.7 Å². The smallest absolute Gasteiger partial charge is 0.319 e. The van der Waals surface area contributed by atoms with Crippen molar-refractivity contribution in [2.24, 2.45) is 0 Å². The minimum atomic E-state index is -0.151. The summed E-state index contributed by atoms with van der Waals surface area (Å²) in [5, 5.41) is 8.99. The van der Waals surface area contributed by atoms with Gasteiger partial charge in [-0.3, -0.25) is 9.59 Å². The van der Waals surface area contributed by atoms with E-state index < -0.39 is 0 Å². The number of carbonyl (C=O) groups is 3. The molecule has 0 aromatic rings. The summed E-state index contributed by atoms with van der Waals surface area (Å²) in [7, 11) is 0. The van der Waals surface area contributed by atoms with Crippen molar-refractivity contribution in [3.8, 4) is 0 Å². The molecular formula is C51H98N4O5. The van der Waals surface area contributed by atoms with Crippen LogP contribution in [0.5, 0.6) is 0 Å². The topological polar surface area (TPSA) is 109 Å². The highest BCUT2D eigenvalue weighted by Crippen LogP contribution is 2.19. The lowest BCUT2D eigenvalue weighted by molar-refractivity contribution is -0.150. The van der Waals surface area contributed by atoms with Crippen LogP contribution in [0.4, 0.5) is 4.79 Å². The minimum Gasteiger partial charge on any atom is -0.462 e. The van der Waals surface area contributed by atoms with Crippen molar-refractivity contribution in [3.05, 3.63) is 11.9 Å². The Balaban J connectivity index is 2.36. The van der Waals surface area contributed by atoms with Crippen molar-refractivity contribution in [1.29, 1.82) is 0 Å². The van der Waals surface area contributed by atoms with Crippen molar-refractivity contribution >= 4 is 18.0 Å². The SMILES string of the molecule is CCCCCCCCC(CC)OC(=O)CCCCCCCN(CCCCCCCC(=O)OC(CCCCCCCC)CCCCCCCC)CCCNC1=CNC(=O)NC1. The molecule has 0 fully saturated rings. The lowest BCUT2D eigenvalue weighted by atomic mass is 10.0. The standard InChI is InChI=1S/C51H98N4O5/c1-5-9-12-15-20-27-35-47(8-4)59-49(56)38-30-23-18-25-32-41-55(43-34-40-52-46-44-53-51(58)54-45-46)42-33-26-19-24-31-39-50(57)60-48(36-28-21-16-13-10-6-2)37-29-22-17-14-11-7-3/h44,47-48,52H,5-43,45H2,1-4H3,(H2,53,54,58). The summed E-state index contributed by atoms with van der Waals surface area (Å²) >= 11 is 0. The molecule has 1 aliphatic heterocycles. The molecule has 0 aliphatic carbocycles. The molecule has 0 saturated heterocycles. The zero-order valence-corrected chi connectivity index (χ0v) is 40.0. The highest BCUT2D eigenvalue weighted by molar-refractivity contribution is 5.76. The number of ether oxygens (including phenoxy) is 2. The fraction of sp³-hybridized carbons (Fsp3) is 0.902. The number of carbonyl (C=O) groups excluding carboxylic acids is 3. The quantitative estimate of drug-likeness (QED) is 0.0414. The first-order valence-electron chi connectivity index (χ1n) is 26.0. The molecule has 0 aromatic heterocycles. The Morgan fingerprint density at radius 3 is 1.40 bits per heavy atom. The highest BCUT2D eigenvalue weighted by Gasteiger charge is 2.15. The van der Waals surface area contributed by atoms with Crippen LogP contribution in [-0.2, 0) is 19.1 Å². The molecule has 0 spiro atoms. The van der Waals surface area contributed by atoms with E-state index in [-0.39, 0.29) is 30.2 Å². The van der Waals surface area contributed by atoms with E-state index in [9.17, 15) is 14.4 Å². The fourth-order valence-corrected chi connectivity index (χ4v) is 8.26. The number of unbranched alkanes of at least 4 members (excludes halogenated alkanes) is 23. The van der Waals surface area contributed by atoms with Crippen LogP contribution in [0.25, 0.3) is 0 Å². The molecule has 2 amide bonds. The van der Waals surface area contributed by atoms with Crippen LogP contribution in [0.2, 0.25) is 0 Å². The Labute approximate surface area is 370 Å². The van der Waals surface area contributed by atoms with E-state index in [1.807, 2.05) is 0 Å². The average molecular weight is 847 g/mol. The maximum absolute atomic E-state index is 12.9. The predicted molar refractivity (Wildman–Crippen MR) is 253 cm³/mol. The van der Waals surface area contributed by atoms with Gasteiger partial charge in [-0.25, -0.2) is 4.79 Å². The molecule has 1 aliphatic rings. The van der Waals surface area contributed by atoms with Gasteiger partial charge in [0.1, 0.15) is 12.2 Å². The molecule has 1 atom stereocenters. The largest absolute Gasteiger partial charge is 0.462 e. The summed E-state index contributed by atoms with van der Waals surface area (Å²) in [6, 6.07) is -0.151. The summed E-state index contributed by atoms with van der Waals surface area (Å²) < 4.78 is 11.9. The summed E-state index contributed by atoms with van der Waals surface area (Å²) in [6.45, 7) is 13.6. The third-order valence-corrected chi connectivity index (χ3v) is 12.2. The lowest BCUT2D eigenvalue weighted by Gasteiger charge is -2.23. The van der Waals surface area contributed by atoms with Gasteiger partial charge in [0.25, 0.3) is 0 Å². The first-order valence-corrected chi connectivity index (χ1v) is 26.0. The second kappa shape index (κ2) is 42.0. The molecule has 1 unspecified atom stereocenters. The maximum atomic E-state index is 12.9. The van der Waals surface area contributed by atoms with E-state index in [0.717, 1.165) is 109 Å². The molecule has 9 nitrogen and oxygen atoms in total. The first kappa shape index (κ1) is 55.7. The van der Waals surface area contributed by atoms with E-state index in [4.69, 9.17) is 9.47 Å². The van der Waals surface area contributed by atoms with Gasteiger partial charge in [-0.15, -0.1) is 0 Å². The highest BCUT2D eigenvalue weighted by atomic mass is 16.5. The zero-order valence-electron chi connectivity index (χ0n) is 40.0. The van der Waals surface area contributed by atoms with Gasteiger partial charge in [-0.1, -0.05) is 163 Å². The van der Waals surface area contributed by atoms with Gasteiger partial charge in [0.2, 0.25) is 0 Å². The molecule has 0 bridgehead atoms. The number of nitrogens with one attached hydrogen (secondary N) is 3. The maximum Gasteiger partial charge on any atom is 0.319 e. The van der Waals surface area contributed by atoms with Crippen LogP contribution < -0.4 is 16.0 Å². The number of hydrogen-bond donors (Lipinski definition) is 3. The van der Waals surface area contributed by atoms with E-state index in [0.29, 0.717) is 19.4 Å². The Morgan fingerprint density at radius 1 is 0.550 bits per heavy atom. The van der Waals surface area contributed by atoms with Gasteiger partial charge in [0.05, 0.1) is 6.54 Å². The number of urea groups is 1. The molecular weight excluding hydrogens is 749 g/mol. The minimum absolute atomic E-state index is 0.0130. The Bertz CT molecular complexity index is 1020. The van der Waals surface area contributed by atoms with E-state index in [2.05, 4.69) is 48.5 Å². The summed E-state index contributed by atoms with van der Waals surface area (Å²) in [5.74, 6) is 0.00344. The third kappa shape index (κ3) is 35.3. The molecule has 3 N–H and O–H groups in total. The Hall–Kier alpha value is -2.29. The number of nitrogens with zero attached hydrogens (tertiary/aromatic N) is 1. The van der Waals surface area contributed by atoms with Gasteiger partial charge in [-0.2, -0.15) is 0 Å². The van der Waals surface area contributed by atoms with E-state index in [1.54, 1.807) is 6.20 Å². The molecule has 0 saturated carbocycles. The van der Waals surface area contributed by atoms with Crippen LogP contribution in [-0.4, -0.2) is 67.8 Å². The molecule has 9 heteroatoms. The van der Waals surface area contributed by atoms with Crippen LogP contribution in [0.15, 0.2) is 11.9 Å². The van der Waals surface area contributed by atoms with Crippen molar-refractivity contribution < 1.29 is 23.9 Å². The Morgan fingerprint density at radius 2 is 0.950 bits per heavy atom. The van der Waals surface area contributed by atoms with Crippen molar-refractivity contribution in [3.63, 3.8) is 0 Å². The van der Waals surface area contributed by atoms with Gasteiger partial charge in [0.15, 0.2) is 0 Å². The first-order chi connectivity index (χ1) is 29.4. The van der Waals surface area contributed by atoms with E-state index >= 15 is 0 Å². The van der Waals surface area contributed by atoms with Crippen molar-refractivity contribution in [2.45, 2.75) is 265 Å². The van der Waals surface area contributed by atoms with Gasteiger partial charge in [0, 0.05) is 31.3 Å².